The van der Waals surface area contributed by atoms with Crippen LogP contribution in [-0.4, -0.2) is 12.1 Å². The van der Waals surface area contributed by atoms with E-state index in [0.717, 1.165) is 55.2 Å². The van der Waals surface area contributed by atoms with Gasteiger partial charge in [0.1, 0.15) is 6.10 Å². The van der Waals surface area contributed by atoms with Crippen molar-refractivity contribution in [1.29, 1.82) is 0 Å². The Morgan fingerprint density at radius 1 is 1.00 bits per heavy atom. The Hall–Kier alpha value is -2.61. The summed E-state index contributed by atoms with van der Waals surface area (Å²) >= 11 is 0. The zero-order chi connectivity index (χ0) is 19.8. The molecule has 0 bridgehead atoms. The monoisotopic (exact) mass is 372 g/mol. The highest BCUT2D eigenvalue weighted by atomic mass is 16.5. The Balaban J connectivity index is 1.76. The number of benzene rings is 2. The zero-order valence-electron chi connectivity index (χ0n) is 16.9. The number of hydrogen-bond acceptors (Lipinski definition) is 2. The molecule has 0 unspecified atom stereocenters. The highest BCUT2D eigenvalue weighted by Gasteiger charge is 2.24. The summed E-state index contributed by atoms with van der Waals surface area (Å²) < 4.78 is 5.74. The smallest absolute Gasteiger partial charge is 0.338 e. The third kappa shape index (κ3) is 3.32. The third-order valence-electron chi connectivity index (χ3n) is 6.18. The largest absolute Gasteiger partial charge is 0.459 e. The summed E-state index contributed by atoms with van der Waals surface area (Å²) in [6, 6.07) is 10.3. The molecular formula is C26H28O2. The second kappa shape index (κ2) is 7.43. The van der Waals surface area contributed by atoms with E-state index in [4.69, 9.17) is 4.74 Å². The number of carbonyl (C=O) groups excluding carboxylic acids is 1. The lowest BCUT2D eigenvalue weighted by molar-refractivity contribution is 0.0317. The van der Waals surface area contributed by atoms with Crippen molar-refractivity contribution in [3.63, 3.8) is 0 Å². The van der Waals surface area contributed by atoms with Crippen LogP contribution in [0.25, 0.3) is 11.1 Å². The fourth-order valence-corrected chi connectivity index (χ4v) is 4.74. The van der Waals surface area contributed by atoms with Gasteiger partial charge >= 0.3 is 5.97 Å². The molecule has 0 amide bonds. The Morgan fingerprint density at radius 2 is 1.75 bits per heavy atom. The van der Waals surface area contributed by atoms with Gasteiger partial charge in [-0.15, -0.1) is 0 Å². The number of allylic oxidation sites excluding steroid dienone is 1. The predicted octanol–water partition coefficient (Wildman–Crippen LogP) is 6.42. The number of carbonyl (C=O) groups is 1. The van der Waals surface area contributed by atoms with Crippen LogP contribution < -0.4 is 0 Å². The van der Waals surface area contributed by atoms with Crippen molar-refractivity contribution < 1.29 is 9.53 Å². The molecule has 144 valence electrons. The molecule has 1 fully saturated rings. The molecule has 4 rings (SSSR count). The van der Waals surface area contributed by atoms with Gasteiger partial charge in [0.2, 0.25) is 0 Å². The summed E-state index contributed by atoms with van der Waals surface area (Å²) in [6.07, 6.45) is 6.09. The number of fused-ring (bicyclic) bond motifs is 2. The van der Waals surface area contributed by atoms with E-state index in [1.807, 2.05) is 12.1 Å². The Bertz CT molecular complexity index is 974. The number of hydrogen-bond donors (Lipinski definition) is 0. The lowest BCUT2D eigenvalue weighted by atomic mass is 9.80. The average Bonchev–Trinajstić information content (AvgIpc) is 3.17. The fraction of sp³-hybridized carbons (Fsp3) is 0.346. The van der Waals surface area contributed by atoms with Gasteiger partial charge in [-0.1, -0.05) is 31.4 Å². The van der Waals surface area contributed by atoms with Crippen LogP contribution >= 0.6 is 0 Å². The van der Waals surface area contributed by atoms with Crippen molar-refractivity contribution in [1.82, 2.24) is 0 Å². The van der Waals surface area contributed by atoms with E-state index in [1.165, 1.54) is 27.8 Å². The van der Waals surface area contributed by atoms with Gasteiger partial charge in [-0.3, -0.25) is 0 Å². The molecule has 0 heterocycles. The second-order valence-electron chi connectivity index (χ2n) is 8.22. The normalized spacial score (nSPS) is 16.9. The molecule has 2 aliphatic rings. The van der Waals surface area contributed by atoms with Gasteiger partial charge in [0, 0.05) is 0 Å². The summed E-state index contributed by atoms with van der Waals surface area (Å²) in [5.74, 6) is -0.194. The topological polar surface area (TPSA) is 26.3 Å². The van der Waals surface area contributed by atoms with Crippen LogP contribution in [0.15, 0.2) is 43.5 Å². The van der Waals surface area contributed by atoms with E-state index in [-0.39, 0.29) is 12.1 Å². The summed E-state index contributed by atoms with van der Waals surface area (Å²) in [4.78, 5) is 12.7. The summed E-state index contributed by atoms with van der Waals surface area (Å²) in [7, 11) is 0. The predicted molar refractivity (Wildman–Crippen MR) is 116 cm³/mol. The number of rotatable bonds is 2. The average molecular weight is 373 g/mol. The third-order valence-corrected chi connectivity index (χ3v) is 6.18. The molecule has 0 aliphatic heterocycles. The lowest BCUT2D eigenvalue weighted by Crippen LogP contribution is -2.16. The molecule has 2 aliphatic carbocycles. The van der Waals surface area contributed by atoms with Gasteiger partial charge in [0.05, 0.1) is 5.56 Å². The number of aryl methyl sites for hydroxylation is 3. The van der Waals surface area contributed by atoms with Gasteiger partial charge in [0.15, 0.2) is 0 Å². The quantitative estimate of drug-likeness (QED) is 0.568. The van der Waals surface area contributed by atoms with E-state index in [2.05, 4.69) is 45.2 Å². The lowest BCUT2D eigenvalue weighted by Gasteiger charge is -2.25. The van der Waals surface area contributed by atoms with Crippen LogP contribution in [0.1, 0.15) is 75.8 Å². The standard InChI is InChI=1S/C26H28O2/c1-16-12-13-20-15-21(26(27)28-22-9-5-6-10-22)14-18(3)24(20)19(4)25-17(2)8-7-11-23(16)25/h7-8,11,14-15,22H,1,4-6,9-10,12-13H2,2-3H3. The van der Waals surface area contributed by atoms with Gasteiger partial charge in [-0.25, -0.2) is 4.79 Å². The Morgan fingerprint density at radius 3 is 2.50 bits per heavy atom. The van der Waals surface area contributed by atoms with Gasteiger partial charge in [-0.2, -0.15) is 0 Å². The summed E-state index contributed by atoms with van der Waals surface area (Å²) in [5, 5.41) is 0. The maximum absolute atomic E-state index is 12.7. The maximum Gasteiger partial charge on any atom is 0.338 e. The maximum atomic E-state index is 12.7. The van der Waals surface area contributed by atoms with E-state index in [0.29, 0.717) is 5.56 Å². The van der Waals surface area contributed by atoms with Gasteiger partial charge < -0.3 is 4.74 Å². The second-order valence-corrected chi connectivity index (χ2v) is 8.22. The van der Waals surface area contributed by atoms with Gasteiger partial charge in [-0.05, 0) is 109 Å². The molecule has 0 aromatic heterocycles. The first-order valence-corrected chi connectivity index (χ1v) is 10.3. The molecule has 28 heavy (non-hydrogen) atoms. The molecule has 1 saturated carbocycles. The van der Waals surface area contributed by atoms with Crippen LogP contribution in [0.2, 0.25) is 0 Å². The van der Waals surface area contributed by atoms with Crippen molar-refractivity contribution in [2.75, 3.05) is 0 Å². The molecule has 2 aromatic carbocycles. The number of ether oxygens (including phenoxy) is 1. The Labute approximate surface area is 167 Å². The minimum absolute atomic E-state index is 0.0825. The molecule has 2 heteroatoms. The molecule has 2 aromatic rings. The molecule has 0 N–H and O–H groups in total. The SMILES string of the molecule is C=C1CCc2cc(C(=O)OC3CCCC3)cc(C)c2C(=C)c2c(C)cccc21. The van der Waals surface area contributed by atoms with Crippen LogP contribution in [0.3, 0.4) is 0 Å². The first-order valence-electron chi connectivity index (χ1n) is 10.3. The van der Waals surface area contributed by atoms with E-state index < -0.39 is 0 Å². The van der Waals surface area contributed by atoms with Crippen LogP contribution in [-0.2, 0) is 11.2 Å². The van der Waals surface area contributed by atoms with Crippen molar-refractivity contribution >= 4 is 17.1 Å². The molecule has 0 saturated heterocycles. The highest BCUT2D eigenvalue weighted by molar-refractivity contribution is 5.94. The van der Waals surface area contributed by atoms with Crippen molar-refractivity contribution in [2.45, 2.75) is 58.5 Å². The van der Waals surface area contributed by atoms with E-state index >= 15 is 0 Å². The van der Waals surface area contributed by atoms with Gasteiger partial charge in [0.25, 0.3) is 0 Å². The molecule has 0 radical (unpaired) electrons. The fourth-order valence-electron chi connectivity index (χ4n) is 4.74. The van der Waals surface area contributed by atoms with E-state index in [9.17, 15) is 4.79 Å². The summed E-state index contributed by atoms with van der Waals surface area (Å²) in [5.41, 5.74) is 9.81. The minimum atomic E-state index is -0.194. The van der Waals surface area contributed by atoms with Crippen LogP contribution in [0.4, 0.5) is 0 Å². The minimum Gasteiger partial charge on any atom is -0.459 e. The first kappa shape index (κ1) is 18.7. The first-order chi connectivity index (χ1) is 13.5. The van der Waals surface area contributed by atoms with Crippen LogP contribution in [0.5, 0.6) is 0 Å². The molecule has 2 nitrogen and oxygen atoms in total. The molecular weight excluding hydrogens is 344 g/mol. The summed E-state index contributed by atoms with van der Waals surface area (Å²) in [6.45, 7) is 13.0. The highest BCUT2D eigenvalue weighted by Crippen LogP contribution is 2.39. The zero-order valence-corrected chi connectivity index (χ0v) is 16.9. The van der Waals surface area contributed by atoms with Crippen molar-refractivity contribution in [3.8, 4) is 0 Å². The Kier molecular flexibility index (Phi) is 4.97. The van der Waals surface area contributed by atoms with Crippen molar-refractivity contribution in [3.05, 3.63) is 82.4 Å². The number of esters is 1. The molecule has 0 atom stereocenters. The van der Waals surface area contributed by atoms with Crippen molar-refractivity contribution in [2.24, 2.45) is 0 Å². The van der Waals surface area contributed by atoms with Crippen LogP contribution in [0, 0.1) is 13.8 Å². The van der Waals surface area contributed by atoms with E-state index in [1.54, 1.807) is 0 Å². The molecule has 0 spiro atoms.